The average molecular weight is 433 g/mol. The van der Waals surface area contributed by atoms with E-state index in [1.165, 1.54) is 0 Å². The van der Waals surface area contributed by atoms with Crippen molar-refractivity contribution in [1.29, 1.82) is 0 Å². The molecule has 2 heterocycles. The zero-order chi connectivity index (χ0) is 21.3. The Balaban J connectivity index is 1.48. The summed E-state index contributed by atoms with van der Waals surface area (Å²) in [5.74, 6) is 0.780. The first-order chi connectivity index (χ1) is 14.6. The molecule has 1 aromatic heterocycles. The van der Waals surface area contributed by atoms with Gasteiger partial charge in [0.1, 0.15) is 6.26 Å². The van der Waals surface area contributed by atoms with Crippen molar-refractivity contribution in [2.75, 3.05) is 44.6 Å². The number of guanidine groups is 1. The summed E-state index contributed by atoms with van der Waals surface area (Å²) in [7, 11) is 0. The molecule has 0 saturated carbocycles. The summed E-state index contributed by atoms with van der Waals surface area (Å²) in [5, 5.41) is 10.9. The number of anilines is 1. The molecular weight excluding hydrogens is 404 g/mol. The van der Waals surface area contributed by atoms with Crippen molar-refractivity contribution in [3.8, 4) is 0 Å². The van der Waals surface area contributed by atoms with Crippen molar-refractivity contribution < 1.29 is 9.32 Å². The van der Waals surface area contributed by atoms with Gasteiger partial charge in [-0.2, -0.15) is 0 Å². The predicted octanol–water partition coefficient (Wildman–Crippen LogP) is 2.75. The maximum Gasteiger partial charge on any atom is 0.226 e. The molecule has 0 aliphatic carbocycles. The number of benzene rings is 1. The molecule has 1 amide bonds. The van der Waals surface area contributed by atoms with Gasteiger partial charge in [0.05, 0.1) is 12.2 Å². The minimum Gasteiger partial charge on any atom is -0.364 e. The van der Waals surface area contributed by atoms with Gasteiger partial charge in [0.15, 0.2) is 5.96 Å². The van der Waals surface area contributed by atoms with E-state index in [4.69, 9.17) is 16.1 Å². The van der Waals surface area contributed by atoms with E-state index in [-0.39, 0.29) is 5.91 Å². The third-order valence-electron chi connectivity index (χ3n) is 5.03. The molecule has 30 heavy (non-hydrogen) atoms. The third kappa shape index (κ3) is 6.21. The van der Waals surface area contributed by atoms with Crippen LogP contribution in [-0.4, -0.2) is 66.1 Å². The van der Waals surface area contributed by atoms with Crippen LogP contribution >= 0.6 is 11.6 Å². The van der Waals surface area contributed by atoms with Crippen molar-refractivity contribution in [3.05, 3.63) is 46.8 Å². The van der Waals surface area contributed by atoms with Gasteiger partial charge in [-0.05, 0) is 31.5 Å². The number of nitrogens with one attached hydrogen (secondary N) is 2. The Morgan fingerprint density at radius 1 is 1.27 bits per heavy atom. The van der Waals surface area contributed by atoms with Gasteiger partial charge in [-0.1, -0.05) is 22.8 Å². The van der Waals surface area contributed by atoms with Crippen molar-refractivity contribution in [2.24, 2.45) is 4.99 Å². The van der Waals surface area contributed by atoms with Crippen molar-refractivity contribution in [3.63, 3.8) is 0 Å². The molecule has 1 saturated heterocycles. The summed E-state index contributed by atoms with van der Waals surface area (Å²) in [5.41, 5.74) is 2.56. The normalized spacial score (nSPS) is 15.3. The average Bonchev–Trinajstić information content (AvgIpc) is 3.24. The van der Waals surface area contributed by atoms with E-state index in [1.807, 2.05) is 38.1 Å². The molecule has 1 aromatic carbocycles. The van der Waals surface area contributed by atoms with E-state index in [0.29, 0.717) is 18.0 Å². The van der Waals surface area contributed by atoms with Crippen LogP contribution in [0.2, 0.25) is 5.02 Å². The summed E-state index contributed by atoms with van der Waals surface area (Å²) in [6.07, 6.45) is 1.92. The lowest BCUT2D eigenvalue weighted by molar-refractivity contribution is -0.116. The number of aliphatic imine (C=N–C) groups is 1. The molecular formula is C21H29ClN6O2. The zero-order valence-electron chi connectivity index (χ0n) is 17.5. The molecule has 162 valence electrons. The van der Waals surface area contributed by atoms with Gasteiger partial charge >= 0.3 is 0 Å². The summed E-state index contributed by atoms with van der Waals surface area (Å²) in [6.45, 7) is 9.53. The van der Waals surface area contributed by atoms with Crippen LogP contribution in [0.25, 0.3) is 0 Å². The Labute approximate surface area is 182 Å². The molecule has 0 unspecified atom stereocenters. The molecule has 9 heteroatoms. The Hall–Kier alpha value is -2.58. The van der Waals surface area contributed by atoms with Gasteiger partial charge in [-0.25, -0.2) is 0 Å². The van der Waals surface area contributed by atoms with Crippen LogP contribution in [0.5, 0.6) is 0 Å². The largest absolute Gasteiger partial charge is 0.364 e. The molecule has 0 atom stereocenters. The van der Waals surface area contributed by atoms with Crippen LogP contribution in [0.4, 0.5) is 5.69 Å². The van der Waals surface area contributed by atoms with Gasteiger partial charge in [-0.15, -0.1) is 0 Å². The van der Waals surface area contributed by atoms with E-state index in [0.717, 1.165) is 62.2 Å². The van der Waals surface area contributed by atoms with Crippen LogP contribution in [0.1, 0.15) is 24.6 Å². The first kappa shape index (κ1) is 22.1. The fraction of sp³-hybridized carbons (Fsp3) is 0.476. The molecule has 1 fully saturated rings. The lowest BCUT2D eigenvalue weighted by atomic mass is 10.2. The van der Waals surface area contributed by atoms with E-state index in [9.17, 15) is 4.79 Å². The molecule has 3 rings (SSSR count). The molecule has 1 aliphatic rings. The monoisotopic (exact) mass is 432 g/mol. The smallest absolute Gasteiger partial charge is 0.226 e. The second kappa shape index (κ2) is 11.0. The highest BCUT2D eigenvalue weighted by atomic mass is 35.5. The molecule has 0 spiro atoms. The lowest BCUT2D eigenvalue weighted by Crippen LogP contribution is -2.52. The molecule has 2 aromatic rings. The third-order valence-corrected chi connectivity index (χ3v) is 5.44. The Morgan fingerprint density at radius 2 is 2.07 bits per heavy atom. The first-order valence-corrected chi connectivity index (χ1v) is 10.6. The minimum atomic E-state index is -0.0719. The second-order valence-electron chi connectivity index (χ2n) is 7.20. The van der Waals surface area contributed by atoms with E-state index in [2.05, 4.69) is 30.6 Å². The topological polar surface area (TPSA) is 86.0 Å². The van der Waals surface area contributed by atoms with Crippen LogP contribution in [-0.2, 0) is 11.3 Å². The zero-order valence-corrected chi connectivity index (χ0v) is 18.3. The number of halogens is 1. The number of carbonyl (C=O) groups excluding carboxylic acids is 1. The van der Waals surface area contributed by atoms with Crippen molar-refractivity contribution in [2.45, 2.75) is 26.8 Å². The van der Waals surface area contributed by atoms with E-state index >= 15 is 0 Å². The highest BCUT2D eigenvalue weighted by molar-refractivity contribution is 6.31. The lowest BCUT2D eigenvalue weighted by Gasteiger charge is -2.36. The Morgan fingerprint density at radius 3 is 2.77 bits per heavy atom. The number of hydrogen-bond acceptors (Lipinski definition) is 5. The van der Waals surface area contributed by atoms with Crippen LogP contribution in [0.3, 0.4) is 0 Å². The predicted molar refractivity (Wildman–Crippen MR) is 119 cm³/mol. The van der Waals surface area contributed by atoms with Crippen molar-refractivity contribution in [1.82, 2.24) is 20.3 Å². The minimum absolute atomic E-state index is 0.0719. The molecule has 0 bridgehead atoms. The van der Waals surface area contributed by atoms with Gasteiger partial charge in [-0.3, -0.25) is 14.7 Å². The molecule has 0 radical (unpaired) electrons. The first-order valence-electron chi connectivity index (χ1n) is 10.3. The highest BCUT2D eigenvalue weighted by Gasteiger charge is 2.20. The Bertz CT molecular complexity index is 847. The molecule has 2 N–H and O–H groups in total. The van der Waals surface area contributed by atoms with Gasteiger partial charge in [0.25, 0.3) is 0 Å². The van der Waals surface area contributed by atoms with Crippen molar-refractivity contribution >= 4 is 29.2 Å². The van der Waals surface area contributed by atoms with Crippen LogP contribution in [0.15, 0.2) is 40.0 Å². The summed E-state index contributed by atoms with van der Waals surface area (Å²) >= 11 is 6.12. The summed E-state index contributed by atoms with van der Waals surface area (Å²) < 4.78 is 4.91. The SMILES string of the molecule is CCNC(=NCCC(=O)Nc1cccc(Cl)c1C)N1CCN(Cc2ccon2)CC1. The van der Waals surface area contributed by atoms with E-state index < -0.39 is 0 Å². The van der Waals surface area contributed by atoms with Gasteiger partial charge in [0, 0.05) is 62.5 Å². The van der Waals surface area contributed by atoms with E-state index in [1.54, 1.807) is 6.26 Å². The highest BCUT2D eigenvalue weighted by Crippen LogP contribution is 2.22. The molecule has 1 aliphatic heterocycles. The second-order valence-corrected chi connectivity index (χ2v) is 7.61. The quantitative estimate of drug-likeness (QED) is 0.517. The number of amides is 1. The van der Waals surface area contributed by atoms with Gasteiger partial charge < -0.3 is 20.1 Å². The maximum atomic E-state index is 12.3. The number of carbonyl (C=O) groups is 1. The maximum absolute atomic E-state index is 12.3. The summed E-state index contributed by atoms with van der Waals surface area (Å²) in [4.78, 5) is 21.6. The van der Waals surface area contributed by atoms with Gasteiger partial charge in [0.2, 0.25) is 5.91 Å². The standard InChI is InChI=1S/C21H29ClN6O2/c1-3-23-21(28-12-10-27(11-13-28)15-17-8-14-30-26-17)24-9-7-20(29)25-19-6-4-5-18(22)16(19)2/h4-6,8,14H,3,7,9-13,15H2,1-2H3,(H,23,24)(H,25,29). The number of hydrogen-bond donors (Lipinski definition) is 2. The Kier molecular flexibility index (Phi) is 8.10. The molecule has 8 nitrogen and oxygen atoms in total. The number of rotatable bonds is 7. The van der Waals surface area contributed by atoms with Crippen LogP contribution < -0.4 is 10.6 Å². The number of nitrogens with zero attached hydrogens (tertiary/aromatic N) is 4. The fourth-order valence-corrected chi connectivity index (χ4v) is 3.49. The number of aromatic nitrogens is 1. The number of piperazine rings is 1. The summed E-state index contributed by atoms with van der Waals surface area (Å²) in [6, 6.07) is 7.39. The van der Waals surface area contributed by atoms with Crippen LogP contribution in [0, 0.1) is 6.92 Å². The fourth-order valence-electron chi connectivity index (χ4n) is 3.31.